The Morgan fingerprint density at radius 3 is 2.46 bits per heavy atom. The Hall–Kier alpha value is -2.55. The Morgan fingerprint density at radius 1 is 0.821 bits per heavy atom. The number of fused-ring (bicyclic) bond motifs is 3. The number of halogens is 1. The minimum absolute atomic E-state index is 0.0186. The number of benzene rings is 3. The third kappa shape index (κ3) is 2.76. The molecule has 3 aromatic rings. The Bertz CT molecular complexity index is 1080. The predicted molar refractivity (Wildman–Crippen MR) is 117 cm³/mol. The van der Waals surface area contributed by atoms with Crippen LogP contribution in [0.3, 0.4) is 0 Å². The van der Waals surface area contributed by atoms with E-state index in [1.807, 2.05) is 6.20 Å². The van der Waals surface area contributed by atoms with E-state index >= 15 is 0 Å². The van der Waals surface area contributed by atoms with E-state index in [1.165, 1.54) is 38.9 Å². The highest BCUT2D eigenvalue weighted by Gasteiger charge is 2.35. The standard InChI is InChI=1S/C25H23ClN2/c1-25(2)21-9-4-3-8-19(21)20-11-10-17(15-22(20)25)16-6-5-7-18(14-16)23-12-13-27-24(26)28-23/h3-15,23-24,27-28H,1-2H3. The van der Waals surface area contributed by atoms with Gasteiger partial charge in [0.2, 0.25) is 0 Å². The molecule has 1 aliphatic carbocycles. The second-order valence-corrected chi connectivity index (χ2v) is 8.53. The van der Waals surface area contributed by atoms with Crippen LogP contribution in [-0.2, 0) is 5.41 Å². The molecule has 28 heavy (non-hydrogen) atoms. The van der Waals surface area contributed by atoms with Crippen molar-refractivity contribution in [3.8, 4) is 22.3 Å². The fourth-order valence-corrected chi connectivity index (χ4v) is 4.71. The molecule has 0 saturated heterocycles. The van der Waals surface area contributed by atoms with Gasteiger partial charge in [0.25, 0.3) is 0 Å². The molecule has 0 fully saturated rings. The summed E-state index contributed by atoms with van der Waals surface area (Å²) >= 11 is 6.18. The summed E-state index contributed by atoms with van der Waals surface area (Å²) in [4.78, 5) is 0. The summed E-state index contributed by atoms with van der Waals surface area (Å²) in [5.41, 5.74) is 8.99. The summed E-state index contributed by atoms with van der Waals surface area (Å²) in [6.45, 7) is 4.64. The first-order valence-electron chi connectivity index (χ1n) is 9.72. The van der Waals surface area contributed by atoms with E-state index < -0.39 is 0 Å². The van der Waals surface area contributed by atoms with Crippen LogP contribution in [0.4, 0.5) is 0 Å². The van der Waals surface area contributed by atoms with Gasteiger partial charge in [0.1, 0.15) is 0 Å². The molecule has 3 aromatic carbocycles. The summed E-state index contributed by atoms with van der Waals surface area (Å²) in [5, 5.41) is 6.39. The van der Waals surface area contributed by atoms with Crippen LogP contribution in [0.25, 0.3) is 22.3 Å². The van der Waals surface area contributed by atoms with E-state index in [-0.39, 0.29) is 17.1 Å². The van der Waals surface area contributed by atoms with Gasteiger partial charge in [-0.05, 0) is 63.4 Å². The van der Waals surface area contributed by atoms with Gasteiger partial charge in [0.05, 0.1) is 6.04 Å². The van der Waals surface area contributed by atoms with Gasteiger partial charge in [0.15, 0.2) is 5.62 Å². The van der Waals surface area contributed by atoms with Crippen molar-refractivity contribution in [2.75, 3.05) is 0 Å². The first-order valence-corrected chi connectivity index (χ1v) is 10.2. The molecule has 2 atom stereocenters. The van der Waals surface area contributed by atoms with Crippen LogP contribution < -0.4 is 10.6 Å². The molecule has 3 heteroatoms. The summed E-state index contributed by atoms with van der Waals surface area (Å²) in [7, 11) is 0. The molecule has 0 radical (unpaired) electrons. The number of alkyl halides is 1. The molecular weight excluding hydrogens is 364 g/mol. The first-order chi connectivity index (χ1) is 13.5. The van der Waals surface area contributed by atoms with E-state index in [2.05, 4.69) is 97.3 Å². The van der Waals surface area contributed by atoms with Gasteiger partial charge < -0.3 is 5.32 Å². The Labute approximate surface area is 171 Å². The molecule has 1 aliphatic heterocycles. The maximum atomic E-state index is 6.18. The monoisotopic (exact) mass is 386 g/mol. The molecule has 0 bridgehead atoms. The average Bonchev–Trinajstić information content (AvgIpc) is 2.95. The van der Waals surface area contributed by atoms with Crippen molar-refractivity contribution >= 4 is 11.6 Å². The number of hydrogen-bond acceptors (Lipinski definition) is 2. The molecule has 0 amide bonds. The fraction of sp³-hybridized carbons (Fsp3) is 0.200. The molecule has 0 aromatic heterocycles. The molecule has 0 spiro atoms. The maximum Gasteiger partial charge on any atom is 0.155 e. The van der Waals surface area contributed by atoms with Crippen LogP contribution in [0, 0.1) is 0 Å². The van der Waals surface area contributed by atoms with Crippen LogP contribution in [0.15, 0.2) is 79.0 Å². The van der Waals surface area contributed by atoms with E-state index in [1.54, 1.807) is 0 Å². The van der Waals surface area contributed by atoms with Gasteiger partial charge in [-0.2, -0.15) is 0 Å². The van der Waals surface area contributed by atoms with Gasteiger partial charge in [-0.15, -0.1) is 0 Å². The first kappa shape index (κ1) is 17.5. The summed E-state index contributed by atoms with van der Waals surface area (Å²) < 4.78 is 0. The zero-order valence-corrected chi connectivity index (χ0v) is 16.8. The quantitative estimate of drug-likeness (QED) is 0.421. The topological polar surface area (TPSA) is 24.1 Å². The fourth-order valence-electron chi connectivity index (χ4n) is 4.50. The summed E-state index contributed by atoms with van der Waals surface area (Å²) in [6, 6.07) is 24.5. The second-order valence-electron chi connectivity index (χ2n) is 8.09. The number of rotatable bonds is 2. The Morgan fingerprint density at radius 2 is 1.61 bits per heavy atom. The van der Waals surface area contributed by atoms with E-state index in [4.69, 9.17) is 11.6 Å². The molecule has 2 nitrogen and oxygen atoms in total. The highest BCUT2D eigenvalue weighted by molar-refractivity contribution is 6.20. The van der Waals surface area contributed by atoms with E-state index in [0.717, 1.165) is 0 Å². The Kier molecular flexibility index (Phi) is 4.08. The zero-order chi connectivity index (χ0) is 19.3. The van der Waals surface area contributed by atoms with Crippen molar-refractivity contribution in [2.45, 2.75) is 30.9 Å². The Balaban J connectivity index is 1.56. The normalized spacial score (nSPS) is 21.7. The smallest absolute Gasteiger partial charge is 0.155 e. The number of hydrogen-bond donors (Lipinski definition) is 2. The van der Waals surface area contributed by atoms with Crippen molar-refractivity contribution in [3.05, 3.63) is 95.7 Å². The summed E-state index contributed by atoms with van der Waals surface area (Å²) in [5.74, 6) is 0. The van der Waals surface area contributed by atoms with Crippen LogP contribution in [0.2, 0.25) is 0 Å². The zero-order valence-electron chi connectivity index (χ0n) is 16.0. The lowest BCUT2D eigenvalue weighted by atomic mass is 9.81. The third-order valence-corrected chi connectivity index (χ3v) is 6.27. The van der Waals surface area contributed by atoms with Crippen LogP contribution in [0.1, 0.15) is 36.6 Å². The lowest BCUT2D eigenvalue weighted by Crippen LogP contribution is -2.40. The number of nitrogens with one attached hydrogen (secondary N) is 2. The lowest BCUT2D eigenvalue weighted by Gasteiger charge is -2.25. The van der Waals surface area contributed by atoms with E-state index in [9.17, 15) is 0 Å². The van der Waals surface area contributed by atoms with Crippen molar-refractivity contribution in [1.29, 1.82) is 0 Å². The summed E-state index contributed by atoms with van der Waals surface area (Å²) in [6.07, 6.45) is 4.01. The van der Waals surface area contributed by atoms with Crippen molar-refractivity contribution < 1.29 is 0 Å². The third-order valence-electron chi connectivity index (χ3n) is 6.02. The van der Waals surface area contributed by atoms with Crippen LogP contribution in [-0.4, -0.2) is 5.62 Å². The van der Waals surface area contributed by atoms with Gasteiger partial charge >= 0.3 is 0 Å². The molecule has 140 valence electrons. The van der Waals surface area contributed by atoms with Crippen molar-refractivity contribution in [1.82, 2.24) is 10.6 Å². The van der Waals surface area contributed by atoms with Gasteiger partial charge in [0, 0.05) is 5.41 Å². The van der Waals surface area contributed by atoms with Crippen LogP contribution >= 0.6 is 11.6 Å². The van der Waals surface area contributed by atoms with Crippen LogP contribution in [0.5, 0.6) is 0 Å². The minimum atomic E-state index is -0.252. The molecule has 2 aliphatic rings. The van der Waals surface area contributed by atoms with Gasteiger partial charge in [-0.1, -0.05) is 80.0 Å². The molecule has 2 unspecified atom stereocenters. The van der Waals surface area contributed by atoms with Crippen molar-refractivity contribution in [3.63, 3.8) is 0 Å². The van der Waals surface area contributed by atoms with E-state index in [0.29, 0.717) is 0 Å². The van der Waals surface area contributed by atoms with Crippen molar-refractivity contribution in [2.24, 2.45) is 0 Å². The SMILES string of the molecule is CC1(C)c2ccccc2-c2ccc(-c3cccc(C4C=CNC(Cl)N4)c3)cc21. The molecular formula is C25H23ClN2. The molecule has 2 N–H and O–H groups in total. The highest BCUT2D eigenvalue weighted by atomic mass is 35.5. The second kappa shape index (κ2) is 6.51. The van der Waals surface area contributed by atoms with Gasteiger partial charge in [-0.3, -0.25) is 5.32 Å². The molecule has 1 heterocycles. The predicted octanol–water partition coefficient (Wildman–Crippen LogP) is 5.93. The maximum absolute atomic E-state index is 6.18. The molecule has 0 saturated carbocycles. The minimum Gasteiger partial charge on any atom is -0.364 e. The largest absolute Gasteiger partial charge is 0.364 e. The lowest BCUT2D eigenvalue weighted by molar-refractivity contribution is 0.522. The average molecular weight is 387 g/mol. The molecule has 5 rings (SSSR count). The highest BCUT2D eigenvalue weighted by Crippen LogP contribution is 2.49. The van der Waals surface area contributed by atoms with Gasteiger partial charge in [-0.25, -0.2) is 0 Å².